The van der Waals surface area contributed by atoms with E-state index in [1.165, 1.54) is 11.1 Å². The molecule has 0 saturated carbocycles. The van der Waals surface area contributed by atoms with Gasteiger partial charge in [-0.2, -0.15) is 0 Å². The average Bonchev–Trinajstić information content (AvgIpc) is 2.54. The lowest BCUT2D eigenvalue weighted by Crippen LogP contribution is -2.16. The number of rotatable bonds is 14. The Kier molecular flexibility index (Phi) is 14.6. The van der Waals surface area contributed by atoms with E-state index in [0.29, 0.717) is 25.0 Å². The summed E-state index contributed by atoms with van der Waals surface area (Å²) >= 11 is 0. The van der Waals surface area contributed by atoms with Gasteiger partial charge in [-0.15, -0.1) is 0 Å². The van der Waals surface area contributed by atoms with Gasteiger partial charge >= 0.3 is 11.9 Å². The van der Waals surface area contributed by atoms with E-state index in [2.05, 4.69) is 53.7 Å². The Morgan fingerprint density at radius 3 is 1.41 bits per heavy atom. The van der Waals surface area contributed by atoms with Crippen LogP contribution in [-0.2, 0) is 19.1 Å². The molecule has 0 radical (unpaired) electrons. The summed E-state index contributed by atoms with van der Waals surface area (Å²) in [6, 6.07) is 0. The molecule has 0 aliphatic rings. The minimum atomic E-state index is -0.492. The minimum Gasteiger partial charge on any atom is -0.465 e. The number of carbonyl (C=O) groups is 2. The third-order valence-corrected chi connectivity index (χ3v) is 4.46. The van der Waals surface area contributed by atoms with E-state index in [1.807, 2.05) is 0 Å². The Morgan fingerprint density at radius 2 is 1.07 bits per heavy atom. The molecule has 156 valence electrons. The summed E-state index contributed by atoms with van der Waals surface area (Å²) in [5.41, 5.74) is 2.66. The number of carbonyl (C=O) groups excluding carboxylic acids is 2. The van der Waals surface area contributed by atoms with Crippen molar-refractivity contribution in [1.29, 1.82) is 0 Å². The lowest BCUT2D eigenvalue weighted by atomic mass is 10.0. The molecule has 2 atom stereocenters. The van der Waals surface area contributed by atoms with Gasteiger partial charge in [0, 0.05) is 0 Å². The smallest absolute Gasteiger partial charge is 0.317 e. The molecule has 0 amide bonds. The first-order valence-electron chi connectivity index (χ1n) is 10.3. The fourth-order valence-corrected chi connectivity index (χ4v) is 2.57. The summed E-state index contributed by atoms with van der Waals surface area (Å²) in [5.74, 6) is 0.00238. The van der Waals surface area contributed by atoms with Gasteiger partial charge in [-0.1, -0.05) is 37.1 Å². The summed E-state index contributed by atoms with van der Waals surface area (Å²) < 4.78 is 10.3. The first-order valence-corrected chi connectivity index (χ1v) is 10.3. The maximum absolute atomic E-state index is 11.7. The van der Waals surface area contributed by atoms with Crippen molar-refractivity contribution in [3.63, 3.8) is 0 Å². The first kappa shape index (κ1) is 25.4. The predicted molar refractivity (Wildman–Crippen MR) is 111 cm³/mol. The summed E-state index contributed by atoms with van der Waals surface area (Å²) in [6.45, 7) is 13.4. The molecule has 0 heterocycles. The van der Waals surface area contributed by atoms with Gasteiger partial charge < -0.3 is 9.47 Å². The highest BCUT2D eigenvalue weighted by Crippen LogP contribution is 2.13. The van der Waals surface area contributed by atoms with Crippen molar-refractivity contribution in [3.05, 3.63) is 23.3 Å². The largest absolute Gasteiger partial charge is 0.465 e. The highest BCUT2D eigenvalue weighted by molar-refractivity contribution is 5.91. The molecular weight excluding hydrogens is 340 g/mol. The van der Waals surface area contributed by atoms with Crippen molar-refractivity contribution >= 4 is 11.9 Å². The lowest BCUT2D eigenvalue weighted by molar-refractivity contribution is -0.154. The molecule has 0 N–H and O–H groups in total. The zero-order valence-electron chi connectivity index (χ0n) is 18.3. The fraction of sp³-hybridized carbons (Fsp3) is 0.739. The second-order valence-corrected chi connectivity index (χ2v) is 8.12. The standard InChI is InChI=1S/C23H40O4/c1-18(2)9-7-11-20(5)13-15-26-22(24)17-23(25)27-16-14-21(6)12-8-10-19(3)4/h9-10,20-21H,7-8,11-17H2,1-6H3. The molecule has 0 bridgehead atoms. The monoisotopic (exact) mass is 380 g/mol. The molecule has 0 aliphatic heterocycles. The number of ether oxygens (including phenoxy) is 2. The molecule has 0 aromatic carbocycles. The van der Waals surface area contributed by atoms with Crippen molar-refractivity contribution in [2.75, 3.05) is 13.2 Å². The number of allylic oxidation sites excluding steroid dienone is 4. The third-order valence-electron chi connectivity index (χ3n) is 4.46. The quantitative estimate of drug-likeness (QED) is 0.210. The predicted octanol–water partition coefficient (Wildman–Crippen LogP) is 6.01. The summed E-state index contributed by atoms with van der Waals surface area (Å²) in [7, 11) is 0. The van der Waals surface area contributed by atoms with Gasteiger partial charge in [0.2, 0.25) is 0 Å². The maximum Gasteiger partial charge on any atom is 0.317 e. The molecule has 0 aromatic heterocycles. The Morgan fingerprint density at radius 1 is 0.704 bits per heavy atom. The summed E-state index contributed by atoms with van der Waals surface area (Å²) in [6.07, 6.45) is 10.1. The van der Waals surface area contributed by atoms with Gasteiger partial charge in [0.05, 0.1) is 13.2 Å². The molecule has 0 spiro atoms. The topological polar surface area (TPSA) is 52.6 Å². The maximum atomic E-state index is 11.7. The van der Waals surface area contributed by atoms with Crippen LogP contribution in [0.1, 0.15) is 86.5 Å². The van der Waals surface area contributed by atoms with Crippen LogP contribution >= 0.6 is 0 Å². The number of hydrogen-bond acceptors (Lipinski definition) is 4. The molecule has 2 unspecified atom stereocenters. The van der Waals surface area contributed by atoms with Gasteiger partial charge in [0.1, 0.15) is 6.42 Å². The van der Waals surface area contributed by atoms with Crippen molar-refractivity contribution in [2.45, 2.75) is 86.5 Å². The number of esters is 2. The Labute approximate surface area is 166 Å². The molecule has 0 saturated heterocycles. The van der Waals surface area contributed by atoms with Crippen molar-refractivity contribution in [2.24, 2.45) is 11.8 Å². The van der Waals surface area contributed by atoms with Gasteiger partial charge in [0.25, 0.3) is 0 Å². The zero-order valence-corrected chi connectivity index (χ0v) is 18.3. The molecule has 4 nitrogen and oxygen atoms in total. The van der Waals surface area contributed by atoms with Gasteiger partial charge in [-0.3, -0.25) is 9.59 Å². The highest BCUT2D eigenvalue weighted by atomic mass is 16.6. The molecule has 0 aromatic rings. The van der Waals surface area contributed by atoms with Crippen LogP contribution in [0.3, 0.4) is 0 Å². The van der Waals surface area contributed by atoms with E-state index in [0.717, 1.165) is 38.5 Å². The van der Waals surface area contributed by atoms with E-state index in [4.69, 9.17) is 9.47 Å². The van der Waals surface area contributed by atoms with Crippen LogP contribution in [0.5, 0.6) is 0 Å². The molecule has 0 rings (SSSR count). The third kappa shape index (κ3) is 17.6. The van der Waals surface area contributed by atoms with Crippen LogP contribution in [0.4, 0.5) is 0 Å². The van der Waals surface area contributed by atoms with Gasteiger partial charge in [-0.05, 0) is 78.1 Å². The van der Waals surface area contributed by atoms with Crippen molar-refractivity contribution in [3.8, 4) is 0 Å². The highest BCUT2D eigenvalue weighted by Gasteiger charge is 2.13. The second kappa shape index (κ2) is 15.5. The van der Waals surface area contributed by atoms with Crippen LogP contribution in [0, 0.1) is 11.8 Å². The molecule has 0 fully saturated rings. The number of hydrogen-bond donors (Lipinski definition) is 0. The lowest BCUT2D eigenvalue weighted by Gasteiger charge is -2.12. The first-order chi connectivity index (χ1) is 12.7. The van der Waals surface area contributed by atoms with E-state index >= 15 is 0 Å². The average molecular weight is 381 g/mol. The fourth-order valence-electron chi connectivity index (χ4n) is 2.57. The van der Waals surface area contributed by atoms with Crippen molar-refractivity contribution in [1.82, 2.24) is 0 Å². The molecular formula is C23H40O4. The van der Waals surface area contributed by atoms with Crippen LogP contribution in [-0.4, -0.2) is 25.2 Å². The van der Waals surface area contributed by atoms with E-state index in [1.54, 1.807) is 0 Å². The van der Waals surface area contributed by atoms with Crippen LogP contribution in [0.25, 0.3) is 0 Å². The summed E-state index contributed by atoms with van der Waals surface area (Å²) in [4.78, 5) is 23.4. The Balaban J connectivity index is 3.76. The van der Waals surface area contributed by atoms with Gasteiger partial charge in [0.15, 0.2) is 0 Å². The molecule has 27 heavy (non-hydrogen) atoms. The molecule has 4 heteroatoms. The summed E-state index contributed by atoms with van der Waals surface area (Å²) in [5, 5.41) is 0. The van der Waals surface area contributed by atoms with Crippen molar-refractivity contribution < 1.29 is 19.1 Å². The Hall–Kier alpha value is -1.58. The van der Waals surface area contributed by atoms with Gasteiger partial charge in [-0.25, -0.2) is 0 Å². The second-order valence-electron chi connectivity index (χ2n) is 8.12. The van der Waals surface area contributed by atoms with Crippen LogP contribution in [0.2, 0.25) is 0 Å². The SMILES string of the molecule is CC(C)=CCCC(C)CCOC(=O)CC(=O)OCCC(C)CCC=C(C)C. The van der Waals surface area contributed by atoms with E-state index in [-0.39, 0.29) is 6.42 Å². The minimum absolute atomic E-state index is 0.293. The van der Waals surface area contributed by atoms with E-state index < -0.39 is 11.9 Å². The normalized spacial score (nSPS) is 12.7. The zero-order chi connectivity index (χ0) is 20.7. The Bertz CT molecular complexity index is 439. The van der Waals surface area contributed by atoms with E-state index in [9.17, 15) is 9.59 Å². The van der Waals surface area contributed by atoms with Crippen LogP contribution < -0.4 is 0 Å². The molecule has 0 aliphatic carbocycles. The van der Waals surface area contributed by atoms with Crippen LogP contribution in [0.15, 0.2) is 23.3 Å².